The van der Waals surface area contributed by atoms with Crippen molar-refractivity contribution >= 4 is 28.2 Å². The van der Waals surface area contributed by atoms with Gasteiger partial charge in [0.2, 0.25) is 5.91 Å². The van der Waals surface area contributed by atoms with Gasteiger partial charge in [0.25, 0.3) is 0 Å². The molecule has 0 aromatic carbocycles. The lowest BCUT2D eigenvalue weighted by Gasteiger charge is -2.09. The Balaban J connectivity index is 3.10. The summed E-state index contributed by atoms with van der Waals surface area (Å²) < 4.78 is 0. The monoisotopic (exact) mass is 240 g/mol. The molecule has 1 amide bonds. The SMILES string of the molecule is Cc1sc(NC(=O)C(C)C)c(C(=O)[O-])c1C. The average Bonchev–Trinajstić information content (AvgIpc) is 2.42. The number of anilines is 1. The van der Waals surface area contributed by atoms with E-state index in [1.54, 1.807) is 20.8 Å². The summed E-state index contributed by atoms with van der Waals surface area (Å²) in [4.78, 5) is 23.3. The van der Waals surface area contributed by atoms with Crippen molar-refractivity contribution in [2.45, 2.75) is 27.7 Å². The lowest BCUT2D eigenvalue weighted by Crippen LogP contribution is -2.25. The zero-order valence-electron chi connectivity index (χ0n) is 9.71. The largest absolute Gasteiger partial charge is 0.545 e. The number of thiophene rings is 1. The van der Waals surface area contributed by atoms with Crippen LogP contribution in [-0.2, 0) is 4.79 Å². The third-order valence-corrected chi connectivity index (χ3v) is 3.47. The average molecular weight is 240 g/mol. The number of hydrogen-bond donors (Lipinski definition) is 1. The molecule has 0 radical (unpaired) electrons. The molecule has 1 heterocycles. The van der Waals surface area contributed by atoms with E-state index in [1.165, 1.54) is 11.3 Å². The first-order valence-electron chi connectivity index (χ1n) is 4.96. The topological polar surface area (TPSA) is 69.2 Å². The van der Waals surface area contributed by atoms with Gasteiger partial charge in [0, 0.05) is 16.4 Å². The molecule has 4 nitrogen and oxygen atoms in total. The highest BCUT2D eigenvalue weighted by molar-refractivity contribution is 7.16. The summed E-state index contributed by atoms with van der Waals surface area (Å²) in [5.74, 6) is -1.62. The lowest BCUT2D eigenvalue weighted by atomic mass is 10.1. The van der Waals surface area contributed by atoms with Crippen LogP contribution in [-0.4, -0.2) is 11.9 Å². The van der Waals surface area contributed by atoms with Gasteiger partial charge in [0.1, 0.15) is 5.00 Å². The summed E-state index contributed by atoms with van der Waals surface area (Å²) in [6, 6.07) is 0. The molecule has 0 bridgehead atoms. The van der Waals surface area contributed by atoms with Crippen molar-refractivity contribution in [2.24, 2.45) is 5.92 Å². The molecule has 0 saturated heterocycles. The van der Waals surface area contributed by atoms with Crippen LogP contribution in [0.1, 0.15) is 34.6 Å². The van der Waals surface area contributed by atoms with Crippen molar-refractivity contribution in [1.82, 2.24) is 0 Å². The second-order valence-electron chi connectivity index (χ2n) is 3.92. The maximum absolute atomic E-state index is 11.5. The molecule has 88 valence electrons. The lowest BCUT2D eigenvalue weighted by molar-refractivity contribution is -0.254. The number of nitrogens with one attached hydrogen (secondary N) is 1. The quantitative estimate of drug-likeness (QED) is 0.866. The maximum Gasteiger partial charge on any atom is 0.227 e. The number of aromatic carboxylic acids is 1. The molecule has 0 aliphatic heterocycles. The molecule has 0 aliphatic carbocycles. The number of rotatable bonds is 3. The number of carboxylic acids is 1. The highest BCUT2D eigenvalue weighted by Crippen LogP contribution is 2.32. The van der Waals surface area contributed by atoms with Crippen molar-refractivity contribution in [3.05, 3.63) is 16.0 Å². The van der Waals surface area contributed by atoms with Gasteiger partial charge in [-0.2, -0.15) is 0 Å². The van der Waals surface area contributed by atoms with E-state index in [4.69, 9.17) is 0 Å². The van der Waals surface area contributed by atoms with Crippen LogP contribution in [0.15, 0.2) is 0 Å². The van der Waals surface area contributed by atoms with Gasteiger partial charge in [-0.15, -0.1) is 11.3 Å². The Morgan fingerprint density at radius 2 is 1.88 bits per heavy atom. The van der Waals surface area contributed by atoms with Crippen LogP contribution in [0.25, 0.3) is 0 Å². The number of carboxylic acid groups (broad SMARTS) is 1. The van der Waals surface area contributed by atoms with E-state index in [2.05, 4.69) is 5.32 Å². The van der Waals surface area contributed by atoms with Crippen molar-refractivity contribution in [3.63, 3.8) is 0 Å². The Labute approximate surface area is 98.3 Å². The Hall–Kier alpha value is -1.36. The normalized spacial score (nSPS) is 10.6. The molecule has 0 aliphatic rings. The molecule has 1 N–H and O–H groups in total. The summed E-state index contributed by atoms with van der Waals surface area (Å²) in [6.45, 7) is 7.03. The maximum atomic E-state index is 11.5. The Morgan fingerprint density at radius 3 is 2.31 bits per heavy atom. The van der Waals surface area contributed by atoms with Crippen LogP contribution in [0.3, 0.4) is 0 Å². The predicted octanol–water partition coefficient (Wildman–Crippen LogP) is 1.32. The predicted molar refractivity (Wildman–Crippen MR) is 61.6 cm³/mol. The van der Waals surface area contributed by atoms with E-state index >= 15 is 0 Å². The fraction of sp³-hybridized carbons (Fsp3) is 0.455. The summed E-state index contributed by atoms with van der Waals surface area (Å²) in [5.41, 5.74) is 0.751. The number of carbonyl (C=O) groups excluding carboxylic acids is 2. The third kappa shape index (κ3) is 2.41. The number of carbonyl (C=O) groups is 2. The van der Waals surface area contributed by atoms with Crippen molar-refractivity contribution in [3.8, 4) is 0 Å². The van der Waals surface area contributed by atoms with Crippen molar-refractivity contribution in [2.75, 3.05) is 5.32 Å². The minimum atomic E-state index is -1.25. The molecular weight excluding hydrogens is 226 g/mol. The molecule has 5 heteroatoms. The zero-order chi connectivity index (χ0) is 12.5. The minimum absolute atomic E-state index is 0.0940. The number of hydrogen-bond acceptors (Lipinski definition) is 4. The molecule has 1 aromatic heterocycles. The van der Waals surface area contributed by atoms with Crippen LogP contribution in [0.4, 0.5) is 5.00 Å². The van der Waals surface area contributed by atoms with Gasteiger partial charge in [-0.25, -0.2) is 0 Å². The highest BCUT2D eigenvalue weighted by atomic mass is 32.1. The highest BCUT2D eigenvalue weighted by Gasteiger charge is 2.16. The summed E-state index contributed by atoms with van der Waals surface area (Å²) >= 11 is 1.26. The fourth-order valence-corrected chi connectivity index (χ4v) is 2.27. The Kier molecular flexibility index (Phi) is 3.70. The molecule has 1 rings (SSSR count). The molecule has 16 heavy (non-hydrogen) atoms. The van der Waals surface area contributed by atoms with Gasteiger partial charge >= 0.3 is 0 Å². The molecule has 0 spiro atoms. The van der Waals surface area contributed by atoms with E-state index in [0.717, 1.165) is 4.88 Å². The summed E-state index contributed by atoms with van der Waals surface area (Å²) in [7, 11) is 0. The molecule has 0 fully saturated rings. The standard InChI is InChI=1S/C11H15NO3S/c1-5(2)9(13)12-10-8(11(14)15)6(3)7(4)16-10/h5H,1-4H3,(H,12,13)(H,14,15)/p-1. The second-order valence-corrected chi connectivity index (χ2v) is 5.14. The smallest absolute Gasteiger partial charge is 0.227 e. The van der Waals surface area contributed by atoms with Gasteiger partial charge in [-0.05, 0) is 19.4 Å². The molecule has 0 atom stereocenters. The zero-order valence-corrected chi connectivity index (χ0v) is 10.5. The van der Waals surface area contributed by atoms with Gasteiger partial charge in [0.05, 0.1) is 5.97 Å². The number of aryl methyl sites for hydroxylation is 1. The van der Waals surface area contributed by atoms with Crippen LogP contribution >= 0.6 is 11.3 Å². The van der Waals surface area contributed by atoms with Crippen LogP contribution in [0.2, 0.25) is 0 Å². The molecule has 0 unspecified atom stereocenters. The second kappa shape index (κ2) is 4.65. The number of amides is 1. The fourth-order valence-electron chi connectivity index (χ4n) is 1.22. The van der Waals surface area contributed by atoms with E-state index in [0.29, 0.717) is 10.6 Å². The molecular formula is C11H14NO3S-. The minimum Gasteiger partial charge on any atom is -0.545 e. The third-order valence-electron chi connectivity index (χ3n) is 2.35. The van der Waals surface area contributed by atoms with E-state index in [9.17, 15) is 14.7 Å². The Bertz CT molecular complexity index is 435. The molecule has 1 aromatic rings. The van der Waals surface area contributed by atoms with Crippen molar-refractivity contribution < 1.29 is 14.7 Å². The van der Waals surface area contributed by atoms with Crippen molar-refractivity contribution in [1.29, 1.82) is 0 Å². The van der Waals surface area contributed by atoms with Crippen LogP contribution in [0.5, 0.6) is 0 Å². The van der Waals surface area contributed by atoms with Gasteiger partial charge in [0.15, 0.2) is 0 Å². The van der Waals surface area contributed by atoms with E-state index in [-0.39, 0.29) is 17.4 Å². The van der Waals surface area contributed by atoms with Gasteiger partial charge < -0.3 is 15.2 Å². The van der Waals surface area contributed by atoms with E-state index < -0.39 is 5.97 Å². The summed E-state index contributed by atoms with van der Waals surface area (Å²) in [5, 5.41) is 13.9. The first kappa shape index (κ1) is 12.7. The van der Waals surface area contributed by atoms with Gasteiger partial charge in [-0.3, -0.25) is 4.79 Å². The molecule has 0 saturated carbocycles. The van der Waals surface area contributed by atoms with Crippen LogP contribution < -0.4 is 10.4 Å². The first-order valence-corrected chi connectivity index (χ1v) is 5.78. The van der Waals surface area contributed by atoms with Crippen LogP contribution in [0, 0.1) is 19.8 Å². The Morgan fingerprint density at radius 1 is 1.31 bits per heavy atom. The summed E-state index contributed by atoms with van der Waals surface area (Å²) in [6.07, 6.45) is 0. The van der Waals surface area contributed by atoms with Gasteiger partial charge in [-0.1, -0.05) is 13.8 Å². The van der Waals surface area contributed by atoms with E-state index in [1.807, 2.05) is 6.92 Å². The first-order chi connectivity index (χ1) is 7.34.